The summed E-state index contributed by atoms with van der Waals surface area (Å²) in [5.41, 5.74) is 1.20. The Labute approximate surface area is 143 Å². The van der Waals surface area contributed by atoms with E-state index in [0.29, 0.717) is 12.8 Å². The summed E-state index contributed by atoms with van der Waals surface area (Å²) in [6.45, 7) is 0.223. The fraction of sp³-hybridized carbons (Fsp3) is 0.500. The monoisotopic (exact) mass is 417 g/mol. The third-order valence-electron chi connectivity index (χ3n) is 4.10. The van der Waals surface area contributed by atoms with Crippen molar-refractivity contribution < 1.29 is 19.4 Å². The van der Waals surface area contributed by atoms with E-state index >= 15 is 0 Å². The Hall–Kier alpha value is -1.31. The lowest BCUT2D eigenvalue weighted by molar-refractivity contribution is -0.147. The number of methoxy groups -OCH3 is 1. The van der Waals surface area contributed by atoms with Crippen molar-refractivity contribution in [3.8, 4) is 0 Å². The second kappa shape index (κ2) is 7.80. The number of nitrogens with zero attached hydrogens (tertiary/aromatic N) is 1. The first-order chi connectivity index (χ1) is 10.5. The van der Waals surface area contributed by atoms with Crippen LogP contribution < -0.4 is 0 Å². The molecule has 1 aliphatic heterocycles. The topological polar surface area (TPSA) is 66.8 Å². The van der Waals surface area contributed by atoms with Gasteiger partial charge in [-0.15, -0.1) is 0 Å². The van der Waals surface area contributed by atoms with Crippen LogP contribution in [0.2, 0.25) is 0 Å². The first kappa shape index (κ1) is 17.1. The van der Waals surface area contributed by atoms with Gasteiger partial charge in [-0.25, -0.2) is 4.79 Å². The molecule has 1 aromatic rings. The highest BCUT2D eigenvalue weighted by Crippen LogP contribution is 2.30. The molecule has 3 atom stereocenters. The Kier molecular flexibility index (Phi) is 6.05. The SMILES string of the molecule is COC(=O)[C@@H]1CC[C@@H](C(I)Cc2ccccc2)N(C(=O)O)C1. The van der Waals surface area contributed by atoms with Crippen LogP contribution in [0.15, 0.2) is 30.3 Å². The number of carbonyl (C=O) groups excluding carboxylic acids is 1. The predicted octanol–water partition coefficient (Wildman–Crippen LogP) is 2.96. The van der Waals surface area contributed by atoms with Crippen molar-refractivity contribution in [2.45, 2.75) is 29.2 Å². The highest BCUT2D eigenvalue weighted by molar-refractivity contribution is 14.1. The number of piperidine rings is 1. The maximum absolute atomic E-state index is 11.7. The summed E-state index contributed by atoms with van der Waals surface area (Å²) in [6.07, 6.45) is 1.22. The van der Waals surface area contributed by atoms with Crippen LogP contribution in [0, 0.1) is 5.92 Å². The summed E-state index contributed by atoms with van der Waals surface area (Å²) < 4.78 is 4.92. The number of carbonyl (C=O) groups is 2. The van der Waals surface area contributed by atoms with Crippen LogP contribution in [-0.4, -0.2) is 45.7 Å². The molecule has 1 amide bonds. The zero-order valence-corrected chi connectivity index (χ0v) is 14.6. The number of rotatable bonds is 4. The van der Waals surface area contributed by atoms with Crippen molar-refractivity contribution >= 4 is 34.7 Å². The predicted molar refractivity (Wildman–Crippen MR) is 91.2 cm³/mol. The lowest BCUT2D eigenvalue weighted by Gasteiger charge is -2.39. The minimum absolute atomic E-state index is 0.0702. The molecule has 1 fully saturated rings. The van der Waals surface area contributed by atoms with Gasteiger partial charge in [0.1, 0.15) is 0 Å². The average molecular weight is 417 g/mol. The largest absolute Gasteiger partial charge is 0.469 e. The van der Waals surface area contributed by atoms with E-state index in [4.69, 9.17) is 4.74 Å². The van der Waals surface area contributed by atoms with Gasteiger partial charge in [0.05, 0.1) is 13.0 Å². The van der Waals surface area contributed by atoms with Crippen LogP contribution in [-0.2, 0) is 16.0 Å². The van der Waals surface area contributed by atoms with Crippen molar-refractivity contribution in [2.75, 3.05) is 13.7 Å². The number of esters is 1. The standard InChI is InChI=1S/C16H20INO4/c1-22-15(19)12-7-8-14(18(10-12)16(20)21)13(17)9-11-5-3-2-4-6-11/h2-6,12-14H,7-10H2,1H3,(H,20,21)/t12-,13?,14+/m1/s1. The highest BCUT2D eigenvalue weighted by Gasteiger charge is 2.38. The molecule has 0 spiro atoms. The number of halogens is 1. The van der Waals surface area contributed by atoms with Crippen molar-refractivity contribution in [3.05, 3.63) is 35.9 Å². The Balaban J connectivity index is 2.06. The molecule has 0 aliphatic carbocycles. The van der Waals surface area contributed by atoms with E-state index in [9.17, 15) is 14.7 Å². The molecule has 1 saturated heterocycles. The molecular formula is C16H20INO4. The maximum Gasteiger partial charge on any atom is 0.407 e. The average Bonchev–Trinajstić information content (AvgIpc) is 2.54. The molecule has 0 radical (unpaired) electrons. The van der Waals surface area contributed by atoms with Gasteiger partial charge in [-0.1, -0.05) is 52.9 Å². The minimum Gasteiger partial charge on any atom is -0.469 e. The van der Waals surface area contributed by atoms with Gasteiger partial charge < -0.3 is 14.7 Å². The van der Waals surface area contributed by atoms with Crippen molar-refractivity contribution in [1.82, 2.24) is 4.90 Å². The lowest BCUT2D eigenvalue weighted by atomic mass is 9.90. The Morgan fingerprint density at radius 3 is 2.64 bits per heavy atom. The molecule has 120 valence electrons. The van der Waals surface area contributed by atoms with E-state index in [1.54, 1.807) is 0 Å². The summed E-state index contributed by atoms with van der Waals surface area (Å²) in [5, 5.41) is 9.47. The molecule has 1 heterocycles. The van der Waals surface area contributed by atoms with Crippen LogP contribution in [0.4, 0.5) is 4.79 Å². The van der Waals surface area contributed by atoms with E-state index in [-0.39, 0.29) is 28.4 Å². The number of amides is 1. The fourth-order valence-electron chi connectivity index (χ4n) is 2.92. The zero-order valence-electron chi connectivity index (χ0n) is 12.4. The summed E-state index contributed by atoms with van der Waals surface area (Å²) in [4.78, 5) is 24.6. The molecule has 1 aliphatic rings. The van der Waals surface area contributed by atoms with Crippen LogP contribution in [0.3, 0.4) is 0 Å². The first-order valence-electron chi connectivity index (χ1n) is 7.28. The van der Waals surface area contributed by atoms with E-state index in [0.717, 1.165) is 6.42 Å². The minimum atomic E-state index is -0.965. The molecule has 1 unspecified atom stereocenters. The van der Waals surface area contributed by atoms with Gasteiger partial charge in [0, 0.05) is 16.5 Å². The lowest BCUT2D eigenvalue weighted by Crippen LogP contribution is -2.52. The summed E-state index contributed by atoms with van der Waals surface area (Å²) in [6, 6.07) is 9.98. The second-order valence-corrected chi connectivity index (χ2v) is 7.11. The van der Waals surface area contributed by atoms with Gasteiger partial charge in [-0.05, 0) is 24.8 Å². The van der Waals surface area contributed by atoms with Gasteiger partial charge in [-0.3, -0.25) is 4.79 Å². The van der Waals surface area contributed by atoms with Crippen LogP contribution in [0.25, 0.3) is 0 Å². The number of alkyl halides is 1. The van der Waals surface area contributed by atoms with Crippen LogP contribution in [0.1, 0.15) is 18.4 Å². The van der Waals surface area contributed by atoms with Crippen LogP contribution in [0.5, 0.6) is 0 Å². The second-order valence-electron chi connectivity index (χ2n) is 5.51. The molecule has 22 heavy (non-hydrogen) atoms. The number of likely N-dealkylation sites (tertiary alicyclic amines) is 1. The summed E-state index contributed by atoms with van der Waals surface area (Å²) in [5.74, 6) is -0.671. The van der Waals surface area contributed by atoms with Gasteiger partial charge in [0.2, 0.25) is 0 Å². The Bertz CT molecular complexity index is 522. The number of benzene rings is 1. The molecule has 0 aromatic heterocycles. The number of hydrogen-bond donors (Lipinski definition) is 1. The quantitative estimate of drug-likeness (QED) is 0.465. The fourth-order valence-corrected chi connectivity index (χ4v) is 4.18. The van der Waals surface area contributed by atoms with E-state index in [1.165, 1.54) is 17.6 Å². The highest BCUT2D eigenvalue weighted by atomic mass is 127. The van der Waals surface area contributed by atoms with E-state index in [2.05, 4.69) is 34.7 Å². The van der Waals surface area contributed by atoms with Gasteiger partial charge in [-0.2, -0.15) is 0 Å². The molecule has 2 rings (SSSR count). The van der Waals surface area contributed by atoms with Crippen molar-refractivity contribution in [3.63, 3.8) is 0 Å². The van der Waals surface area contributed by atoms with Gasteiger partial charge in [0.25, 0.3) is 0 Å². The number of ether oxygens (including phenoxy) is 1. The summed E-state index contributed by atoms with van der Waals surface area (Å²) in [7, 11) is 1.34. The number of carboxylic acid groups (broad SMARTS) is 1. The molecule has 5 nitrogen and oxygen atoms in total. The molecule has 0 bridgehead atoms. The third kappa shape index (κ3) is 4.12. The normalized spacial score (nSPS) is 22.9. The molecule has 1 N–H and O–H groups in total. The zero-order chi connectivity index (χ0) is 16.1. The smallest absolute Gasteiger partial charge is 0.407 e. The van der Waals surface area contributed by atoms with Gasteiger partial charge >= 0.3 is 12.1 Å². The van der Waals surface area contributed by atoms with E-state index < -0.39 is 6.09 Å². The summed E-state index contributed by atoms with van der Waals surface area (Å²) >= 11 is 2.33. The van der Waals surface area contributed by atoms with Gasteiger partial charge in [0.15, 0.2) is 0 Å². The Morgan fingerprint density at radius 2 is 2.05 bits per heavy atom. The maximum atomic E-state index is 11.7. The third-order valence-corrected chi connectivity index (χ3v) is 5.37. The molecular weight excluding hydrogens is 397 g/mol. The van der Waals surface area contributed by atoms with E-state index in [1.807, 2.05) is 18.2 Å². The number of hydrogen-bond acceptors (Lipinski definition) is 3. The Morgan fingerprint density at radius 1 is 1.36 bits per heavy atom. The van der Waals surface area contributed by atoms with Crippen molar-refractivity contribution in [1.29, 1.82) is 0 Å². The molecule has 1 aromatic carbocycles. The van der Waals surface area contributed by atoms with Crippen molar-refractivity contribution in [2.24, 2.45) is 5.92 Å². The van der Waals surface area contributed by atoms with Crippen LogP contribution >= 0.6 is 22.6 Å². The molecule has 6 heteroatoms. The first-order valence-corrected chi connectivity index (χ1v) is 8.53. The molecule has 0 saturated carbocycles.